The van der Waals surface area contributed by atoms with Crippen LogP contribution in [0.1, 0.15) is 40.0 Å². The fourth-order valence-electron chi connectivity index (χ4n) is 2.67. The van der Waals surface area contributed by atoms with E-state index in [1.807, 2.05) is 6.08 Å². The van der Waals surface area contributed by atoms with E-state index in [-0.39, 0.29) is 0 Å². The van der Waals surface area contributed by atoms with Crippen molar-refractivity contribution in [2.75, 3.05) is 19.6 Å². The van der Waals surface area contributed by atoms with Crippen molar-refractivity contribution in [3.8, 4) is 0 Å². The molecule has 0 aromatic carbocycles. The van der Waals surface area contributed by atoms with E-state index in [1.165, 1.54) is 32.5 Å². The van der Waals surface area contributed by atoms with Crippen LogP contribution in [0.5, 0.6) is 0 Å². The molecule has 1 N–H and O–H groups in total. The predicted molar refractivity (Wildman–Crippen MR) is 71.7 cm³/mol. The Labute approximate surface area is 101 Å². The van der Waals surface area contributed by atoms with Crippen molar-refractivity contribution in [2.24, 2.45) is 5.92 Å². The molecule has 1 saturated heterocycles. The van der Waals surface area contributed by atoms with Crippen LogP contribution in [0.2, 0.25) is 0 Å². The molecule has 0 saturated carbocycles. The number of piperidine rings is 1. The molecule has 1 aliphatic rings. The van der Waals surface area contributed by atoms with Crippen molar-refractivity contribution < 1.29 is 0 Å². The summed E-state index contributed by atoms with van der Waals surface area (Å²) in [7, 11) is 0. The maximum Gasteiger partial charge on any atom is 0.00757 e. The molecular weight excluding hydrogens is 196 g/mol. The quantitative estimate of drug-likeness (QED) is 0.698. The van der Waals surface area contributed by atoms with Gasteiger partial charge in [0, 0.05) is 12.1 Å². The lowest BCUT2D eigenvalue weighted by molar-refractivity contribution is 0.165. The topological polar surface area (TPSA) is 15.3 Å². The summed E-state index contributed by atoms with van der Waals surface area (Å²) in [4.78, 5) is 2.55. The normalized spacial score (nSPS) is 22.9. The Kier molecular flexibility index (Phi) is 6.07. The van der Waals surface area contributed by atoms with Crippen LogP contribution in [0, 0.1) is 5.92 Å². The minimum absolute atomic E-state index is 0.566. The Bertz CT molecular complexity index is 195. The largest absolute Gasteiger partial charge is 0.311 e. The van der Waals surface area contributed by atoms with Gasteiger partial charge in [-0.2, -0.15) is 0 Å². The van der Waals surface area contributed by atoms with Gasteiger partial charge in [-0.3, -0.25) is 0 Å². The first-order chi connectivity index (χ1) is 7.67. The molecule has 1 rings (SSSR count). The summed E-state index contributed by atoms with van der Waals surface area (Å²) < 4.78 is 0. The third-order valence-corrected chi connectivity index (χ3v) is 3.85. The van der Waals surface area contributed by atoms with Gasteiger partial charge in [-0.1, -0.05) is 13.0 Å². The fourth-order valence-corrected chi connectivity index (χ4v) is 2.67. The van der Waals surface area contributed by atoms with Gasteiger partial charge in [-0.15, -0.1) is 6.58 Å². The lowest BCUT2D eigenvalue weighted by Gasteiger charge is -2.35. The maximum absolute atomic E-state index is 3.79. The van der Waals surface area contributed by atoms with E-state index in [2.05, 4.69) is 37.6 Å². The van der Waals surface area contributed by atoms with Crippen LogP contribution in [0.25, 0.3) is 0 Å². The van der Waals surface area contributed by atoms with Gasteiger partial charge < -0.3 is 10.2 Å². The van der Waals surface area contributed by atoms with Crippen LogP contribution in [0.3, 0.4) is 0 Å². The smallest absolute Gasteiger partial charge is 0.00757 e. The lowest BCUT2D eigenvalue weighted by Crippen LogP contribution is -2.44. The highest BCUT2D eigenvalue weighted by Crippen LogP contribution is 2.20. The molecule has 2 heteroatoms. The number of hydrogen-bond acceptors (Lipinski definition) is 2. The summed E-state index contributed by atoms with van der Waals surface area (Å²) in [5, 5.41) is 3.69. The third-order valence-electron chi connectivity index (χ3n) is 3.85. The highest BCUT2D eigenvalue weighted by molar-refractivity contribution is 4.83. The first kappa shape index (κ1) is 13.7. The second-order valence-corrected chi connectivity index (χ2v) is 5.15. The van der Waals surface area contributed by atoms with Crippen molar-refractivity contribution in [3.63, 3.8) is 0 Å². The van der Waals surface area contributed by atoms with Crippen molar-refractivity contribution in [1.82, 2.24) is 10.2 Å². The summed E-state index contributed by atoms with van der Waals surface area (Å²) in [6.07, 6.45) is 5.77. The molecule has 94 valence electrons. The zero-order valence-corrected chi connectivity index (χ0v) is 11.2. The van der Waals surface area contributed by atoms with Gasteiger partial charge in [0.1, 0.15) is 0 Å². The minimum Gasteiger partial charge on any atom is -0.311 e. The Morgan fingerprint density at radius 1 is 1.38 bits per heavy atom. The number of likely N-dealkylation sites (tertiary alicyclic amines) is 1. The molecule has 2 unspecified atom stereocenters. The van der Waals surface area contributed by atoms with Crippen LogP contribution in [0.4, 0.5) is 0 Å². The van der Waals surface area contributed by atoms with Gasteiger partial charge in [0.2, 0.25) is 0 Å². The van der Waals surface area contributed by atoms with Crippen LogP contribution >= 0.6 is 0 Å². The van der Waals surface area contributed by atoms with Gasteiger partial charge in [-0.05, 0) is 58.7 Å². The Morgan fingerprint density at radius 2 is 2.00 bits per heavy atom. The second-order valence-electron chi connectivity index (χ2n) is 5.15. The van der Waals surface area contributed by atoms with E-state index in [9.17, 15) is 0 Å². The number of rotatable bonds is 6. The zero-order valence-electron chi connectivity index (χ0n) is 11.2. The molecule has 0 amide bonds. The third kappa shape index (κ3) is 4.26. The highest BCUT2D eigenvalue weighted by atomic mass is 15.1. The number of hydrogen-bond donors (Lipinski definition) is 1. The van der Waals surface area contributed by atoms with Crippen molar-refractivity contribution in [3.05, 3.63) is 12.7 Å². The first-order valence-electron chi connectivity index (χ1n) is 6.76. The van der Waals surface area contributed by atoms with E-state index in [4.69, 9.17) is 0 Å². The molecule has 1 heterocycles. The summed E-state index contributed by atoms with van der Waals surface area (Å²) in [6, 6.07) is 1.21. The summed E-state index contributed by atoms with van der Waals surface area (Å²) in [6.45, 7) is 14.4. The van der Waals surface area contributed by atoms with Gasteiger partial charge in [0.25, 0.3) is 0 Å². The van der Waals surface area contributed by atoms with Gasteiger partial charge >= 0.3 is 0 Å². The molecule has 16 heavy (non-hydrogen) atoms. The fraction of sp³-hybridized carbons (Fsp3) is 0.857. The molecule has 0 aromatic heterocycles. The number of nitrogens with zero attached hydrogens (tertiary/aromatic N) is 1. The van der Waals surface area contributed by atoms with E-state index in [1.54, 1.807) is 0 Å². The Balaban J connectivity index is 2.27. The zero-order chi connectivity index (χ0) is 12.0. The molecule has 0 aliphatic carbocycles. The van der Waals surface area contributed by atoms with E-state index in [0.29, 0.717) is 12.1 Å². The Morgan fingerprint density at radius 3 is 2.50 bits per heavy atom. The average Bonchev–Trinajstić information content (AvgIpc) is 2.29. The van der Waals surface area contributed by atoms with Crippen molar-refractivity contribution in [2.45, 2.75) is 52.1 Å². The van der Waals surface area contributed by atoms with E-state index >= 15 is 0 Å². The monoisotopic (exact) mass is 224 g/mol. The summed E-state index contributed by atoms with van der Waals surface area (Å²) >= 11 is 0. The second kappa shape index (κ2) is 7.08. The molecular formula is C14H28N2. The van der Waals surface area contributed by atoms with Crippen LogP contribution in [-0.2, 0) is 0 Å². The predicted octanol–water partition coefficient (Wildman–Crippen LogP) is 2.66. The van der Waals surface area contributed by atoms with Crippen molar-refractivity contribution >= 4 is 0 Å². The van der Waals surface area contributed by atoms with E-state index < -0.39 is 0 Å². The van der Waals surface area contributed by atoms with Crippen molar-refractivity contribution in [1.29, 1.82) is 0 Å². The van der Waals surface area contributed by atoms with Crippen LogP contribution in [0.15, 0.2) is 12.7 Å². The van der Waals surface area contributed by atoms with Crippen LogP contribution < -0.4 is 5.32 Å². The average molecular weight is 224 g/mol. The Hall–Kier alpha value is -0.340. The molecule has 0 radical (unpaired) electrons. The van der Waals surface area contributed by atoms with Gasteiger partial charge in [0.05, 0.1) is 0 Å². The molecule has 0 spiro atoms. The molecule has 1 fully saturated rings. The highest BCUT2D eigenvalue weighted by Gasteiger charge is 2.23. The SMILES string of the molecule is C=CCC(C)NC(C)C1CCN(CC)CC1. The van der Waals surface area contributed by atoms with Gasteiger partial charge in [0.15, 0.2) is 0 Å². The number of nitrogens with one attached hydrogen (secondary N) is 1. The molecule has 0 aromatic rings. The lowest BCUT2D eigenvalue weighted by atomic mass is 9.90. The summed E-state index contributed by atoms with van der Waals surface area (Å²) in [5.74, 6) is 0.857. The minimum atomic E-state index is 0.566. The van der Waals surface area contributed by atoms with E-state index in [0.717, 1.165) is 12.3 Å². The molecule has 0 bridgehead atoms. The molecule has 2 nitrogen and oxygen atoms in total. The van der Waals surface area contributed by atoms with Gasteiger partial charge in [-0.25, -0.2) is 0 Å². The molecule has 2 atom stereocenters. The standard InChI is InChI=1S/C14H28N2/c1-5-7-12(3)15-13(4)14-8-10-16(6-2)11-9-14/h5,12-15H,1,6-11H2,2-4H3. The van der Waals surface area contributed by atoms with Crippen LogP contribution in [-0.4, -0.2) is 36.6 Å². The maximum atomic E-state index is 3.79. The molecule has 1 aliphatic heterocycles. The summed E-state index contributed by atoms with van der Waals surface area (Å²) in [5.41, 5.74) is 0. The first-order valence-corrected chi connectivity index (χ1v) is 6.76.